The van der Waals surface area contributed by atoms with Crippen molar-refractivity contribution >= 4 is 50.8 Å². The van der Waals surface area contributed by atoms with Gasteiger partial charge in [-0.1, -0.05) is 0 Å². The number of hydrogen-bond acceptors (Lipinski definition) is 14. The van der Waals surface area contributed by atoms with Gasteiger partial charge >= 0.3 is 27.3 Å². The summed E-state index contributed by atoms with van der Waals surface area (Å²) in [6.45, 7) is 8.23. The van der Waals surface area contributed by atoms with E-state index in [1.807, 2.05) is 73.3 Å². The van der Waals surface area contributed by atoms with Gasteiger partial charge in [-0.3, -0.25) is 29.5 Å². The molecule has 0 fully saturated rings. The quantitative estimate of drug-likeness (QED) is 0.111. The third kappa shape index (κ3) is 26.5. The van der Waals surface area contributed by atoms with Crippen LogP contribution in [0.25, 0.3) is 22.8 Å². The Morgan fingerprint density at radius 1 is 0.531 bits per heavy atom. The molecule has 0 N–H and O–H groups in total. The van der Waals surface area contributed by atoms with Gasteiger partial charge in [-0.15, -0.1) is 0 Å². The number of aromatic nitrogens is 4. The number of rotatable bonds is 7. The minimum absolute atomic E-state index is 0. The molecule has 0 saturated heterocycles. The van der Waals surface area contributed by atoms with Crippen molar-refractivity contribution < 1.29 is 62.8 Å². The average Bonchev–Trinajstić information content (AvgIpc) is 3.01. The first kappa shape index (κ1) is 48.1. The largest absolute Gasteiger partial charge is 2.00 e. The molecular weight excluding hydrogens is 813 g/mol. The van der Waals surface area contributed by atoms with Crippen LogP contribution in [-0.4, -0.2) is 96.7 Å². The fourth-order valence-electron chi connectivity index (χ4n) is 2.77. The number of carbonyl (C=O) groups excluding carboxylic acids is 2. The minimum atomic E-state index is -4.71. The van der Waals surface area contributed by atoms with E-state index in [4.69, 9.17) is 0 Å². The molecular formula is C30H38CdN6O8S4. The van der Waals surface area contributed by atoms with Crippen LogP contribution in [-0.2, 0) is 55.2 Å². The van der Waals surface area contributed by atoms with Crippen molar-refractivity contribution in [2.75, 3.05) is 28.2 Å². The summed E-state index contributed by atoms with van der Waals surface area (Å²) in [4.78, 5) is 38.9. The molecule has 19 heteroatoms. The van der Waals surface area contributed by atoms with Crippen molar-refractivity contribution in [3.63, 3.8) is 0 Å². The summed E-state index contributed by atoms with van der Waals surface area (Å²) in [5.74, 6) is 0. The van der Waals surface area contributed by atoms with Gasteiger partial charge in [0.1, 0.15) is 0 Å². The zero-order valence-corrected chi connectivity index (χ0v) is 35.7. The summed E-state index contributed by atoms with van der Waals surface area (Å²) < 4.78 is 58.0. The summed E-state index contributed by atoms with van der Waals surface area (Å²) in [5, 5.41) is 0. The van der Waals surface area contributed by atoms with Crippen LogP contribution in [0.2, 0.25) is 0 Å². The zero-order chi connectivity index (χ0) is 36.9. The fourth-order valence-corrected chi connectivity index (χ4v) is 8.22. The fraction of sp³-hybridized carbons (Fsp3) is 0.267. The van der Waals surface area contributed by atoms with Gasteiger partial charge in [-0.05, 0) is 98.5 Å². The Morgan fingerprint density at radius 2 is 0.714 bits per heavy atom. The summed E-state index contributed by atoms with van der Waals surface area (Å²) in [7, 11) is -3.72. The minimum Gasteiger partial charge on any atom is -0.739 e. The maximum absolute atomic E-state index is 9.66. The van der Waals surface area contributed by atoms with Crippen molar-refractivity contribution in [3.05, 3.63) is 95.6 Å². The second-order valence-corrected chi connectivity index (χ2v) is 17.6. The first-order chi connectivity index (χ1) is 22.3. The molecule has 262 valence electrons. The van der Waals surface area contributed by atoms with Crippen LogP contribution in [0.1, 0.15) is 22.3 Å². The monoisotopic (exact) mass is 852 g/mol. The van der Waals surface area contributed by atoms with Gasteiger partial charge in [0.05, 0.1) is 22.8 Å². The number of nitrogens with zero attached hydrogens (tertiary/aromatic N) is 6. The second kappa shape index (κ2) is 25.0. The molecule has 0 aliphatic heterocycles. The Hall–Kier alpha value is -3.02. The molecule has 0 aliphatic rings. The number of pyridine rings is 4. The van der Waals surface area contributed by atoms with Gasteiger partial charge in [0.15, 0.2) is 18.3 Å². The SMILES string of the molecule is CN(C)C=O.CN(C)C=O.Cc1ccnc(-c2cc(C)ccn2)c1.Cc1ccnc(-c2cc(C)ccn2)c1.O=S(=O)([O-])SSS(=O)(=O)[O-].[Cd+2]. The molecule has 0 spiro atoms. The van der Waals surface area contributed by atoms with E-state index in [-0.39, 0.29) is 27.3 Å². The van der Waals surface area contributed by atoms with E-state index >= 15 is 0 Å². The molecule has 49 heavy (non-hydrogen) atoms. The van der Waals surface area contributed by atoms with Crippen LogP contribution in [0.15, 0.2) is 73.3 Å². The van der Waals surface area contributed by atoms with E-state index in [1.54, 1.807) is 28.2 Å². The first-order valence-corrected chi connectivity index (χ1v) is 19.5. The van der Waals surface area contributed by atoms with Gasteiger partial charge in [-0.2, -0.15) is 0 Å². The molecule has 14 nitrogen and oxygen atoms in total. The number of amides is 2. The Balaban J connectivity index is 0. The Bertz CT molecular complexity index is 1580. The van der Waals surface area contributed by atoms with E-state index in [0.717, 1.165) is 35.6 Å². The molecule has 0 radical (unpaired) electrons. The van der Waals surface area contributed by atoms with Crippen LogP contribution >= 0.6 is 19.7 Å². The van der Waals surface area contributed by atoms with Crippen molar-refractivity contribution in [1.29, 1.82) is 0 Å². The average molecular weight is 851 g/mol. The predicted octanol–water partition coefficient (Wildman–Crippen LogP) is 4.22. The molecule has 4 aromatic heterocycles. The molecule has 4 heterocycles. The van der Waals surface area contributed by atoms with Crippen molar-refractivity contribution in [1.82, 2.24) is 29.7 Å². The zero-order valence-electron chi connectivity index (χ0n) is 28.4. The molecule has 0 atom stereocenters. The summed E-state index contributed by atoms with van der Waals surface area (Å²) >= 11 is 0. The predicted molar refractivity (Wildman–Crippen MR) is 188 cm³/mol. The van der Waals surface area contributed by atoms with E-state index in [2.05, 4.69) is 47.6 Å². The van der Waals surface area contributed by atoms with E-state index < -0.39 is 38.0 Å². The number of hydrogen-bond donors (Lipinski definition) is 0. The van der Waals surface area contributed by atoms with Crippen LogP contribution in [0.5, 0.6) is 0 Å². The van der Waals surface area contributed by atoms with Crippen LogP contribution in [0, 0.1) is 27.7 Å². The number of carbonyl (C=O) groups is 2. The van der Waals surface area contributed by atoms with Crippen molar-refractivity contribution in [2.45, 2.75) is 27.7 Å². The van der Waals surface area contributed by atoms with E-state index in [0.29, 0.717) is 0 Å². The van der Waals surface area contributed by atoms with E-state index in [9.17, 15) is 35.5 Å². The van der Waals surface area contributed by atoms with Gasteiger partial charge < -0.3 is 18.9 Å². The van der Waals surface area contributed by atoms with Crippen LogP contribution in [0.3, 0.4) is 0 Å². The molecule has 0 aliphatic carbocycles. The van der Waals surface area contributed by atoms with Gasteiger partial charge in [-0.25, -0.2) is 16.8 Å². The third-order valence-electron chi connectivity index (χ3n) is 4.80. The molecule has 0 saturated carbocycles. The Morgan fingerprint density at radius 3 is 0.837 bits per heavy atom. The molecule has 4 rings (SSSR count). The van der Waals surface area contributed by atoms with E-state index in [1.165, 1.54) is 32.1 Å². The molecule has 0 aromatic carbocycles. The third-order valence-corrected chi connectivity index (χ3v) is 11.4. The molecule has 0 bridgehead atoms. The Kier molecular flexibility index (Phi) is 24.6. The summed E-state index contributed by atoms with van der Waals surface area (Å²) in [6.07, 6.45) is 8.76. The van der Waals surface area contributed by atoms with Crippen LogP contribution < -0.4 is 0 Å². The smallest absolute Gasteiger partial charge is 0.739 e. The molecule has 2 amide bonds. The second-order valence-electron chi connectivity index (χ2n) is 9.96. The Labute approximate surface area is 315 Å². The topological polar surface area (TPSA) is 207 Å². The van der Waals surface area contributed by atoms with Gasteiger partial charge in [0.2, 0.25) is 12.8 Å². The van der Waals surface area contributed by atoms with Crippen molar-refractivity contribution in [2.24, 2.45) is 0 Å². The van der Waals surface area contributed by atoms with Crippen LogP contribution in [0.4, 0.5) is 0 Å². The van der Waals surface area contributed by atoms with Crippen molar-refractivity contribution in [3.8, 4) is 22.8 Å². The standard InChI is InChI=1S/2C12H12N2.2C3H7NO.Cd.H2O6S4/c2*1-9-3-5-13-11(7-9)12-8-10(2)4-6-14-12;2*1-4(2)3-5;;1-9(2,3)7-8-10(4,5)6/h2*3-8H,1-2H3;2*3H,1-2H3;;(H,1,2,3)(H,4,5,6)/q;;;;+2;/p-2. The number of aryl methyl sites for hydroxylation is 4. The van der Waals surface area contributed by atoms with Gasteiger partial charge in [0.25, 0.3) is 0 Å². The van der Waals surface area contributed by atoms with Gasteiger partial charge in [0, 0.05) is 72.6 Å². The maximum Gasteiger partial charge on any atom is 2.00 e. The molecule has 4 aromatic rings. The molecule has 0 unspecified atom stereocenters. The summed E-state index contributed by atoms with van der Waals surface area (Å²) in [5.41, 5.74) is 8.58. The normalized spacial score (nSPS) is 9.92. The first-order valence-electron chi connectivity index (χ1n) is 13.5. The summed E-state index contributed by atoms with van der Waals surface area (Å²) in [6, 6.07) is 16.1. The maximum atomic E-state index is 9.66.